The first-order valence-corrected chi connectivity index (χ1v) is 6.65. The van der Waals surface area contributed by atoms with Crippen molar-refractivity contribution >= 4 is 82.6 Å². The van der Waals surface area contributed by atoms with Gasteiger partial charge in [0.2, 0.25) is 11.4 Å². The summed E-state index contributed by atoms with van der Waals surface area (Å²) in [4.78, 5) is 6.31. The van der Waals surface area contributed by atoms with Crippen molar-refractivity contribution in [2.24, 2.45) is 0 Å². The number of nitrogens with zero attached hydrogens (tertiary/aromatic N) is 2. The summed E-state index contributed by atoms with van der Waals surface area (Å²) in [5.41, 5.74) is 0.650. The maximum absolute atomic E-state index is 6.68. The van der Waals surface area contributed by atoms with Crippen LogP contribution < -0.4 is 0 Å². The quantitative estimate of drug-likeness (QED) is 0.385. The van der Waals surface area contributed by atoms with Gasteiger partial charge in [-0.1, -0.05) is 82.8 Å². The molecule has 0 atom stereocenters. The van der Waals surface area contributed by atoms with E-state index in [1.807, 2.05) is 0 Å². The highest BCUT2D eigenvalue weighted by atomic mass is 35.5. The molecule has 0 N–H and O–H groups in total. The summed E-state index contributed by atoms with van der Waals surface area (Å²) in [6.07, 6.45) is 0. The van der Waals surface area contributed by atoms with Gasteiger partial charge < -0.3 is 0 Å². The fourth-order valence-corrected chi connectivity index (χ4v) is 2.16. The van der Waals surface area contributed by atoms with E-state index in [-0.39, 0.29) is 24.8 Å². The lowest BCUT2D eigenvalue weighted by molar-refractivity contribution is 1.71. The van der Waals surface area contributed by atoms with E-state index < -0.39 is 0 Å². The fourth-order valence-electron chi connectivity index (χ4n) is 1.19. The maximum Gasteiger partial charge on any atom is 0.223 e. The number of para-hydroxylation sites is 2. The molecule has 0 radical (unpaired) electrons. The Kier molecular flexibility index (Phi) is 12.4. The molecule has 2 aromatic rings. The molecule has 22 heavy (non-hydrogen) atoms. The Balaban J connectivity index is 0. The minimum atomic E-state index is 0. The van der Waals surface area contributed by atoms with Crippen LogP contribution in [-0.2, 0) is 0 Å². The summed E-state index contributed by atoms with van der Waals surface area (Å²) in [7, 11) is 0. The minimum absolute atomic E-state index is 0. The van der Waals surface area contributed by atoms with E-state index in [0.717, 1.165) is 0 Å². The first-order chi connectivity index (χ1) is 9.51. The molecule has 2 aromatic carbocycles. The molecule has 0 unspecified atom stereocenters. The Labute approximate surface area is 161 Å². The van der Waals surface area contributed by atoms with E-state index in [2.05, 4.69) is 9.69 Å². The molecule has 0 fully saturated rings. The molecule has 0 heterocycles. The van der Waals surface area contributed by atoms with Crippen LogP contribution in [0.3, 0.4) is 0 Å². The summed E-state index contributed by atoms with van der Waals surface area (Å²) in [6, 6.07) is 9.97. The topological polar surface area (TPSA) is 8.72 Å². The van der Waals surface area contributed by atoms with E-state index in [0.29, 0.717) is 31.5 Å². The van der Waals surface area contributed by atoms with Crippen LogP contribution >= 0.6 is 71.2 Å². The van der Waals surface area contributed by atoms with E-state index >= 15 is 0 Å². The molecular weight excluding hydrogens is 409 g/mol. The van der Waals surface area contributed by atoms with Gasteiger partial charge in [-0.3, -0.25) is 0 Å². The molecule has 0 saturated carbocycles. The highest BCUT2D eigenvalue weighted by Crippen LogP contribution is 2.32. The summed E-state index contributed by atoms with van der Waals surface area (Å²) in [5, 5.41) is 1.62. The van der Waals surface area contributed by atoms with Gasteiger partial charge in [-0.15, -0.1) is 24.8 Å². The van der Waals surface area contributed by atoms with Crippen molar-refractivity contribution in [2.45, 2.75) is 0 Å². The average Bonchev–Trinajstić information content (AvgIpc) is 2.40. The molecule has 0 spiro atoms. The molecule has 8 heteroatoms. The predicted octanol–water partition coefficient (Wildman–Crippen LogP) is 7.93. The zero-order valence-electron chi connectivity index (χ0n) is 10.7. The molecule has 2 nitrogen and oxygen atoms in total. The van der Waals surface area contributed by atoms with Gasteiger partial charge >= 0.3 is 0 Å². The molecule has 116 valence electrons. The van der Waals surface area contributed by atoms with Crippen molar-refractivity contribution in [1.82, 2.24) is 0 Å². The third-order valence-corrected chi connectivity index (χ3v) is 3.32. The van der Waals surface area contributed by atoms with E-state index in [4.69, 9.17) is 59.5 Å². The first kappa shape index (κ1) is 23.4. The van der Waals surface area contributed by atoms with Crippen molar-refractivity contribution in [3.05, 3.63) is 79.3 Å². The van der Waals surface area contributed by atoms with Gasteiger partial charge in [-0.05, 0) is 0 Å². The summed E-state index contributed by atoms with van der Waals surface area (Å²) in [6.45, 7) is 13.4. The van der Waals surface area contributed by atoms with Gasteiger partial charge in [-0.25, -0.2) is 9.69 Å². The molecule has 0 aromatic heterocycles. The molecule has 0 bridgehead atoms. The van der Waals surface area contributed by atoms with Crippen LogP contribution in [0, 0.1) is 13.1 Å². The van der Waals surface area contributed by atoms with Crippen LogP contribution in [0.4, 0.5) is 11.4 Å². The molecule has 0 amide bonds. The van der Waals surface area contributed by atoms with Gasteiger partial charge in [0.25, 0.3) is 0 Å². The van der Waals surface area contributed by atoms with Crippen LogP contribution in [0.2, 0.25) is 20.1 Å². The van der Waals surface area contributed by atoms with Gasteiger partial charge in [0.05, 0.1) is 13.1 Å². The fraction of sp³-hybridized carbons (Fsp3) is 0. The van der Waals surface area contributed by atoms with Gasteiger partial charge in [0.1, 0.15) is 0 Å². The van der Waals surface area contributed by atoms with Crippen LogP contribution in [0.5, 0.6) is 0 Å². The zero-order chi connectivity index (χ0) is 15.1. The van der Waals surface area contributed by atoms with Crippen LogP contribution in [0.15, 0.2) is 36.4 Å². The lowest BCUT2D eigenvalue weighted by atomic mass is 10.3. The third kappa shape index (κ3) is 6.51. The van der Waals surface area contributed by atoms with Crippen LogP contribution in [-0.4, -0.2) is 0 Å². The second-order valence-corrected chi connectivity index (χ2v) is 4.99. The third-order valence-electron chi connectivity index (χ3n) is 2.10. The van der Waals surface area contributed by atoms with E-state index in [1.165, 1.54) is 0 Å². The lowest BCUT2D eigenvalue weighted by Gasteiger charge is -1.94. The number of halogens is 6. The predicted molar refractivity (Wildman–Crippen MR) is 99.9 cm³/mol. The molecule has 0 saturated heterocycles. The Morgan fingerprint density at radius 2 is 0.818 bits per heavy atom. The van der Waals surface area contributed by atoms with Gasteiger partial charge in [-0.2, -0.15) is 0 Å². The van der Waals surface area contributed by atoms with Crippen molar-refractivity contribution in [2.75, 3.05) is 0 Å². The zero-order valence-corrected chi connectivity index (χ0v) is 15.3. The maximum atomic E-state index is 6.68. The molecule has 0 aliphatic rings. The van der Waals surface area contributed by atoms with Crippen LogP contribution in [0.25, 0.3) is 9.69 Å². The largest absolute Gasteiger partial charge is 0.235 e. The molecule has 2 rings (SSSR count). The molecule has 0 aliphatic heterocycles. The van der Waals surface area contributed by atoms with Gasteiger partial charge in [0.15, 0.2) is 0 Å². The Morgan fingerprint density at radius 3 is 0.955 bits per heavy atom. The van der Waals surface area contributed by atoms with Crippen molar-refractivity contribution in [3.8, 4) is 0 Å². The summed E-state index contributed by atoms with van der Waals surface area (Å²) in [5.74, 6) is 0. The number of hydrogen-bond donors (Lipinski definition) is 0. The standard InChI is InChI=1S/2C7H3Cl2N.2ClH/c2*1-10-7-5(8)3-2-4-6(7)9;;/h2*2-4H;2*1H. The van der Waals surface area contributed by atoms with Crippen molar-refractivity contribution < 1.29 is 0 Å². The second kappa shape index (κ2) is 11.7. The highest BCUT2D eigenvalue weighted by Gasteiger charge is 2.02. The molecule has 0 aliphatic carbocycles. The second-order valence-electron chi connectivity index (χ2n) is 3.36. The van der Waals surface area contributed by atoms with Crippen molar-refractivity contribution in [1.29, 1.82) is 0 Å². The Morgan fingerprint density at radius 1 is 0.591 bits per heavy atom. The summed E-state index contributed by atoms with van der Waals surface area (Å²) >= 11 is 22.5. The molecular formula is C14H8Cl6N2. The Hall–Kier alpha value is -0.840. The number of rotatable bonds is 0. The average molecular weight is 417 g/mol. The first-order valence-electron chi connectivity index (χ1n) is 5.14. The monoisotopic (exact) mass is 414 g/mol. The smallest absolute Gasteiger partial charge is 0.223 e. The Bertz CT molecular complexity index is 601. The normalized spacial score (nSPS) is 8.09. The van der Waals surface area contributed by atoms with E-state index in [9.17, 15) is 0 Å². The van der Waals surface area contributed by atoms with E-state index in [1.54, 1.807) is 36.4 Å². The minimum Gasteiger partial charge on any atom is -0.235 e. The SMILES string of the molecule is Cl.Cl.[C-]#[N+]c1c(Cl)cccc1Cl.[C-]#[N+]c1c(Cl)cccc1Cl. The number of benzene rings is 2. The van der Waals surface area contributed by atoms with Crippen LogP contribution in [0.1, 0.15) is 0 Å². The summed E-state index contributed by atoms with van der Waals surface area (Å²) < 4.78 is 0. The highest BCUT2D eigenvalue weighted by molar-refractivity contribution is 6.39. The van der Waals surface area contributed by atoms with Crippen molar-refractivity contribution in [3.63, 3.8) is 0 Å². The van der Waals surface area contributed by atoms with Gasteiger partial charge in [0, 0.05) is 20.1 Å². The lowest BCUT2D eigenvalue weighted by Crippen LogP contribution is -1.66. The number of hydrogen-bond acceptors (Lipinski definition) is 0.